The highest BCUT2D eigenvalue weighted by atomic mass is 16.5. The van der Waals surface area contributed by atoms with Gasteiger partial charge in [-0.3, -0.25) is 14.5 Å². The molecular formula is C25H38N2O5. The molecule has 0 unspecified atom stereocenters. The van der Waals surface area contributed by atoms with Gasteiger partial charge in [-0.05, 0) is 62.1 Å². The lowest BCUT2D eigenvalue weighted by Gasteiger charge is -2.40. The van der Waals surface area contributed by atoms with Gasteiger partial charge in [-0.1, -0.05) is 25.5 Å². The van der Waals surface area contributed by atoms with Crippen molar-refractivity contribution in [2.75, 3.05) is 32.8 Å². The smallest absolute Gasteiger partial charge is 0.290 e. The molecule has 2 N–H and O–H groups in total. The second kappa shape index (κ2) is 11.7. The van der Waals surface area contributed by atoms with Crippen LogP contribution in [0.5, 0.6) is 5.75 Å². The number of carbonyl (C=O) groups excluding carboxylic acids is 1. The molecule has 4 rings (SSSR count). The van der Waals surface area contributed by atoms with Gasteiger partial charge in [0.15, 0.2) is 6.61 Å². The van der Waals surface area contributed by atoms with Crippen LogP contribution >= 0.6 is 0 Å². The molecule has 7 nitrogen and oxygen atoms in total. The Morgan fingerprint density at radius 2 is 1.84 bits per heavy atom. The number of nitrogens with zero attached hydrogens (tertiary/aromatic N) is 2. The molecule has 1 aliphatic carbocycles. The van der Waals surface area contributed by atoms with Gasteiger partial charge in [-0.2, -0.15) is 0 Å². The number of hydrogen-bond acceptors (Lipinski definition) is 5. The summed E-state index contributed by atoms with van der Waals surface area (Å²) in [7, 11) is 0. The Morgan fingerprint density at radius 1 is 1.16 bits per heavy atom. The molecule has 178 valence electrons. The number of carboxylic acid groups (broad SMARTS) is 1. The molecule has 1 amide bonds. The average Bonchev–Trinajstić information content (AvgIpc) is 3.24. The number of benzene rings is 1. The third-order valence-corrected chi connectivity index (χ3v) is 7.40. The number of fused-ring (bicyclic) bond motifs is 1. The van der Waals surface area contributed by atoms with Gasteiger partial charge in [0.05, 0.1) is 5.60 Å². The number of amides is 1. The summed E-state index contributed by atoms with van der Waals surface area (Å²) >= 11 is 0. The normalized spacial score (nSPS) is 27.8. The Morgan fingerprint density at radius 3 is 2.50 bits per heavy atom. The van der Waals surface area contributed by atoms with E-state index in [4.69, 9.17) is 14.6 Å². The van der Waals surface area contributed by atoms with Crippen molar-refractivity contribution < 1.29 is 24.5 Å². The van der Waals surface area contributed by atoms with Crippen LogP contribution in [0.2, 0.25) is 0 Å². The van der Waals surface area contributed by atoms with Crippen molar-refractivity contribution in [3.63, 3.8) is 0 Å². The van der Waals surface area contributed by atoms with E-state index >= 15 is 0 Å². The van der Waals surface area contributed by atoms with Gasteiger partial charge in [0, 0.05) is 38.6 Å². The molecule has 0 radical (unpaired) electrons. The van der Waals surface area contributed by atoms with Crippen LogP contribution in [0.1, 0.15) is 57.4 Å². The van der Waals surface area contributed by atoms with Crippen molar-refractivity contribution in [1.82, 2.24) is 9.80 Å². The Kier molecular flexibility index (Phi) is 8.93. The summed E-state index contributed by atoms with van der Waals surface area (Å²) in [5.74, 6) is 1.91. The number of likely N-dealkylation sites (tertiary alicyclic amines) is 2. The Bertz CT molecular complexity index is 734. The summed E-state index contributed by atoms with van der Waals surface area (Å²) < 4.78 is 5.73. The van der Waals surface area contributed by atoms with E-state index < -0.39 is 5.60 Å². The second-order valence-corrected chi connectivity index (χ2v) is 9.39. The standard InChI is InChI=1S/C24H36N2O3.CH2O2/c1-2-24(28)12-6-7-20-16-25(17-22(20)24)15-19-8-10-21(11-9-19)29-18-23(27)26-13-4-3-5-14-26;2-1-3/h8-11,20,22,28H,2-7,12-18H2,1H3;1H,(H,2,3)/t20-,22+,24-;/m1./s1. The van der Waals surface area contributed by atoms with Crippen LogP contribution in [0.15, 0.2) is 24.3 Å². The van der Waals surface area contributed by atoms with Gasteiger partial charge >= 0.3 is 0 Å². The maximum Gasteiger partial charge on any atom is 0.290 e. The summed E-state index contributed by atoms with van der Waals surface area (Å²) in [4.78, 5) is 25.0. The molecule has 1 saturated carbocycles. The highest BCUT2D eigenvalue weighted by Gasteiger charge is 2.47. The topological polar surface area (TPSA) is 90.3 Å². The Balaban J connectivity index is 0.000000913. The maximum atomic E-state index is 12.2. The third kappa shape index (κ3) is 6.23. The lowest BCUT2D eigenvalue weighted by Crippen LogP contribution is -2.44. The summed E-state index contributed by atoms with van der Waals surface area (Å²) in [5.41, 5.74) is 0.800. The van der Waals surface area contributed by atoms with Crippen molar-refractivity contribution in [1.29, 1.82) is 0 Å². The molecule has 3 aliphatic rings. The van der Waals surface area contributed by atoms with Crippen LogP contribution in [0, 0.1) is 11.8 Å². The highest BCUT2D eigenvalue weighted by molar-refractivity contribution is 5.77. The summed E-state index contributed by atoms with van der Waals surface area (Å²) in [6.45, 7) is 6.75. The molecule has 2 saturated heterocycles. The zero-order valence-corrected chi connectivity index (χ0v) is 19.2. The van der Waals surface area contributed by atoms with Crippen molar-refractivity contribution >= 4 is 12.4 Å². The molecule has 0 spiro atoms. The number of hydrogen-bond donors (Lipinski definition) is 2. The van der Waals surface area contributed by atoms with Crippen molar-refractivity contribution in [2.24, 2.45) is 11.8 Å². The first-order valence-corrected chi connectivity index (χ1v) is 12.0. The average molecular weight is 447 g/mol. The van der Waals surface area contributed by atoms with E-state index in [1.165, 1.54) is 18.4 Å². The molecule has 0 bridgehead atoms. The first-order valence-electron chi connectivity index (χ1n) is 12.0. The van der Waals surface area contributed by atoms with Crippen molar-refractivity contribution in [3.8, 4) is 5.75 Å². The lowest BCUT2D eigenvalue weighted by molar-refractivity contribution is -0.134. The van der Waals surface area contributed by atoms with E-state index in [1.807, 2.05) is 17.0 Å². The minimum atomic E-state index is -0.462. The summed E-state index contributed by atoms with van der Waals surface area (Å²) in [5, 5.41) is 17.9. The van der Waals surface area contributed by atoms with E-state index in [0.717, 1.165) is 70.6 Å². The third-order valence-electron chi connectivity index (χ3n) is 7.40. The number of aliphatic hydroxyl groups is 1. The fourth-order valence-electron chi connectivity index (χ4n) is 5.61. The molecule has 3 fully saturated rings. The largest absolute Gasteiger partial charge is 0.484 e. The van der Waals surface area contributed by atoms with Gasteiger partial charge in [-0.15, -0.1) is 0 Å². The minimum absolute atomic E-state index is 0.0943. The molecule has 2 heterocycles. The predicted octanol–water partition coefficient (Wildman–Crippen LogP) is 3.15. The summed E-state index contributed by atoms with van der Waals surface area (Å²) in [6, 6.07) is 8.16. The zero-order valence-electron chi connectivity index (χ0n) is 19.2. The van der Waals surface area contributed by atoms with E-state index in [2.05, 4.69) is 24.0 Å². The molecule has 2 aliphatic heterocycles. The minimum Gasteiger partial charge on any atom is -0.484 e. The van der Waals surface area contributed by atoms with Crippen LogP contribution in [0.4, 0.5) is 0 Å². The van der Waals surface area contributed by atoms with E-state index in [0.29, 0.717) is 11.8 Å². The SMILES string of the molecule is CC[C@@]1(O)CCC[C@@H]2CN(Cc3ccc(OCC(=O)N4CCCCC4)cc3)C[C@@H]21.O=CO. The monoisotopic (exact) mass is 446 g/mol. The van der Waals surface area contributed by atoms with Crippen molar-refractivity contribution in [2.45, 2.75) is 64.0 Å². The molecule has 7 heteroatoms. The van der Waals surface area contributed by atoms with Gasteiger partial charge < -0.3 is 19.8 Å². The first kappa shape index (κ1) is 24.5. The van der Waals surface area contributed by atoms with Crippen LogP contribution in [-0.2, 0) is 16.1 Å². The van der Waals surface area contributed by atoms with Gasteiger partial charge in [0.25, 0.3) is 12.4 Å². The van der Waals surface area contributed by atoms with Gasteiger partial charge in [-0.25, -0.2) is 0 Å². The number of ether oxygens (including phenoxy) is 1. The molecule has 1 aromatic carbocycles. The fraction of sp³-hybridized carbons (Fsp3) is 0.680. The van der Waals surface area contributed by atoms with Crippen LogP contribution in [0.3, 0.4) is 0 Å². The van der Waals surface area contributed by atoms with E-state index in [-0.39, 0.29) is 19.0 Å². The molecule has 1 aromatic rings. The number of carbonyl (C=O) groups is 2. The highest BCUT2D eigenvalue weighted by Crippen LogP contribution is 2.44. The van der Waals surface area contributed by atoms with Gasteiger partial charge in [0.2, 0.25) is 0 Å². The predicted molar refractivity (Wildman–Crippen MR) is 122 cm³/mol. The van der Waals surface area contributed by atoms with E-state index in [1.54, 1.807) is 0 Å². The molecule has 0 aromatic heterocycles. The lowest BCUT2D eigenvalue weighted by atomic mass is 9.69. The van der Waals surface area contributed by atoms with Crippen LogP contribution in [0.25, 0.3) is 0 Å². The van der Waals surface area contributed by atoms with Crippen molar-refractivity contribution in [3.05, 3.63) is 29.8 Å². The maximum absolute atomic E-state index is 12.2. The van der Waals surface area contributed by atoms with E-state index in [9.17, 15) is 9.90 Å². The molecule has 32 heavy (non-hydrogen) atoms. The van der Waals surface area contributed by atoms with Crippen LogP contribution < -0.4 is 4.74 Å². The zero-order chi connectivity index (χ0) is 23.0. The first-order chi connectivity index (χ1) is 15.5. The number of rotatable bonds is 6. The van der Waals surface area contributed by atoms with Crippen LogP contribution in [-0.4, -0.2) is 70.8 Å². The second-order valence-electron chi connectivity index (χ2n) is 9.39. The molecular weight excluding hydrogens is 408 g/mol. The molecule has 3 atom stereocenters. The fourth-order valence-corrected chi connectivity index (χ4v) is 5.61. The number of piperidine rings is 1. The Hall–Kier alpha value is -2.12. The van der Waals surface area contributed by atoms with Gasteiger partial charge in [0.1, 0.15) is 5.75 Å². The quantitative estimate of drug-likeness (QED) is 0.653. The Labute approximate surface area is 191 Å². The summed E-state index contributed by atoms with van der Waals surface area (Å²) in [6.07, 6.45) is 7.67.